The summed E-state index contributed by atoms with van der Waals surface area (Å²) in [6.45, 7) is 4.97. The van der Waals surface area contributed by atoms with Gasteiger partial charge in [-0.1, -0.05) is 12.2 Å². The van der Waals surface area contributed by atoms with Crippen LogP contribution < -0.4 is 5.32 Å². The van der Waals surface area contributed by atoms with Gasteiger partial charge in [-0.05, 0) is 19.9 Å². The minimum absolute atomic E-state index is 0.164. The second-order valence-electron chi connectivity index (χ2n) is 4.06. The van der Waals surface area contributed by atoms with Gasteiger partial charge >= 0.3 is 6.18 Å². The Labute approximate surface area is 86.5 Å². The van der Waals surface area contributed by atoms with Crippen molar-refractivity contribution in [3.05, 3.63) is 12.2 Å². The van der Waals surface area contributed by atoms with E-state index in [1.54, 1.807) is 6.92 Å². The maximum absolute atomic E-state index is 12.8. The molecule has 86 valence electrons. The molecule has 1 N–H and O–H groups in total. The summed E-state index contributed by atoms with van der Waals surface area (Å²) < 4.78 is 38.5. The van der Waals surface area contributed by atoms with Gasteiger partial charge in [-0.3, -0.25) is 4.79 Å². The van der Waals surface area contributed by atoms with Gasteiger partial charge in [0.25, 0.3) is 0 Å². The van der Waals surface area contributed by atoms with Crippen LogP contribution in [0, 0.1) is 5.41 Å². The number of ketones is 1. The summed E-state index contributed by atoms with van der Waals surface area (Å²) in [6.07, 6.45) is -4.83. The molecule has 0 aromatic heterocycles. The molecular weight excluding hydrogens is 207 g/mol. The SMILES string of the molecule is C=C(C)CC(=O)C1(C(F)(F)F)CCNC1. The zero-order valence-electron chi connectivity index (χ0n) is 8.58. The normalized spacial score (nSPS) is 26.7. The molecule has 1 aliphatic rings. The lowest BCUT2D eigenvalue weighted by Gasteiger charge is -2.29. The van der Waals surface area contributed by atoms with Crippen molar-refractivity contribution < 1.29 is 18.0 Å². The highest BCUT2D eigenvalue weighted by Gasteiger charge is 2.60. The molecule has 0 spiro atoms. The smallest absolute Gasteiger partial charge is 0.315 e. The van der Waals surface area contributed by atoms with E-state index in [4.69, 9.17) is 0 Å². The number of carbonyl (C=O) groups is 1. The molecule has 2 nitrogen and oxygen atoms in total. The Kier molecular flexibility index (Phi) is 3.23. The van der Waals surface area contributed by atoms with Crippen LogP contribution in [-0.4, -0.2) is 25.0 Å². The number of halogens is 3. The minimum Gasteiger partial charge on any atom is -0.315 e. The van der Waals surface area contributed by atoms with Crippen LogP contribution in [0.2, 0.25) is 0 Å². The van der Waals surface area contributed by atoms with Crippen LogP contribution in [0.4, 0.5) is 13.2 Å². The van der Waals surface area contributed by atoms with E-state index in [1.807, 2.05) is 0 Å². The molecule has 1 atom stereocenters. The lowest BCUT2D eigenvalue weighted by atomic mass is 9.79. The van der Waals surface area contributed by atoms with Gasteiger partial charge in [0.15, 0.2) is 5.78 Å². The summed E-state index contributed by atoms with van der Waals surface area (Å²) in [6, 6.07) is 0. The second kappa shape index (κ2) is 3.96. The topological polar surface area (TPSA) is 29.1 Å². The van der Waals surface area contributed by atoms with Crippen molar-refractivity contribution in [2.24, 2.45) is 5.41 Å². The molecule has 1 aliphatic heterocycles. The first kappa shape index (κ1) is 12.2. The van der Waals surface area contributed by atoms with Crippen molar-refractivity contribution in [3.8, 4) is 0 Å². The standard InChI is InChI=1S/C10H14F3NO/c1-7(2)5-8(15)9(10(11,12)13)3-4-14-6-9/h14H,1,3-6H2,2H3. The van der Waals surface area contributed by atoms with Gasteiger partial charge < -0.3 is 5.32 Å². The van der Waals surface area contributed by atoms with Crippen LogP contribution >= 0.6 is 0 Å². The van der Waals surface area contributed by atoms with Gasteiger partial charge in [0, 0.05) is 13.0 Å². The van der Waals surface area contributed by atoms with E-state index in [2.05, 4.69) is 11.9 Å². The number of alkyl halides is 3. The molecule has 1 fully saturated rings. The van der Waals surface area contributed by atoms with Gasteiger partial charge in [-0.2, -0.15) is 13.2 Å². The maximum Gasteiger partial charge on any atom is 0.402 e. The van der Waals surface area contributed by atoms with Crippen molar-refractivity contribution in [3.63, 3.8) is 0 Å². The average Bonchev–Trinajstić information content (AvgIpc) is 2.49. The number of allylic oxidation sites excluding steroid dienone is 1. The van der Waals surface area contributed by atoms with E-state index in [9.17, 15) is 18.0 Å². The fourth-order valence-corrected chi connectivity index (χ4v) is 1.77. The Morgan fingerprint density at radius 3 is 2.47 bits per heavy atom. The number of nitrogens with one attached hydrogen (secondary N) is 1. The van der Waals surface area contributed by atoms with Crippen LogP contribution in [0.25, 0.3) is 0 Å². The van der Waals surface area contributed by atoms with E-state index >= 15 is 0 Å². The van der Waals surface area contributed by atoms with Crippen molar-refractivity contribution in [2.45, 2.75) is 25.9 Å². The van der Waals surface area contributed by atoms with E-state index in [1.165, 1.54) is 0 Å². The van der Waals surface area contributed by atoms with E-state index in [0.29, 0.717) is 5.57 Å². The first-order valence-corrected chi connectivity index (χ1v) is 4.75. The zero-order valence-corrected chi connectivity index (χ0v) is 8.58. The number of carbonyl (C=O) groups excluding carboxylic acids is 1. The summed E-state index contributed by atoms with van der Waals surface area (Å²) in [5, 5.41) is 2.60. The van der Waals surface area contributed by atoms with Gasteiger partial charge in [-0.15, -0.1) is 0 Å². The van der Waals surface area contributed by atoms with Crippen molar-refractivity contribution in [1.29, 1.82) is 0 Å². The molecule has 1 heterocycles. The highest BCUT2D eigenvalue weighted by Crippen LogP contribution is 2.44. The summed E-state index contributed by atoms with van der Waals surface area (Å²) in [5.41, 5.74) is -1.72. The second-order valence-corrected chi connectivity index (χ2v) is 4.06. The van der Waals surface area contributed by atoms with Crippen LogP contribution in [-0.2, 0) is 4.79 Å². The molecule has 0 aromatic carbocycles. The van der Waals surface area contributed by atoms with Gasteiger partial charge in [0.2, 0.25) is 0 Å². The highest BCUT2D eigenvalue weighted by atomic mass is 19.4. The number of hydrogen-bond acceptors (Lipinski definition) is 2. The van der Waals surface area contributed by atoms with E-state index in [0.717, 1.165) is 0 Å². The molecule has 0 amide bonds. The fraction of sp³-hybridized carbons (Fsp3) is 0.700. The Bertz CT molecular complexity index is 277. The van der Waals surface area contributed by atoms with Gasteiger partial charge in [0.05, 0.1) is 0 Å². The van der Waals surface area contributed by atoms with Crippen LogP contribution in [0.5, 0.6) is 0 Å². The summed E-state index contributed by atoms with van der Waals surface area (Å²) in [4.78, 5) is 11.6. The largest absolute Gasteiger partial charge is 0.402 e. The average molecular weight is 221 g/mol. The lowest BCUT2D eigenvalue weighted by Crippen LogP contribution is -2.46. The Morgan fingerprint density at radius 1 is 1.53 bits per heavy atom. The molecule has 15 heavy (non-hydrogen) atoms. The van der Waals surface area contributed by atoms with E-state index < -0.39 is 17.4 Å². The molecule has 0 saturated carbocycles. The third-order valence-corrected chi connectivity index (χ3v) is 2.69. The first-order chi connectivity index (χ1) is 6.79. The lowest BCUT2D eigenvalue weighted by molar-refractivity contribution is -0.214. The molecule has 1 rings (SSSR count). The number of rotatable bonds is 3. The van der Waals surface area contributed by atoms with E-state index in [-0.39, 0.29) is 25.9 Å². The maximum atomic E-state index is 12.8. The van der Waals surface area contributed by atoms with Crippen LogP contribution in [0.3, 0.4) is 0 Å². The quantitative estimate of drug-likeness (QED) is 0.739. The third-order valence-electron chi connectivity index (χ3n) is 2.69. The van der Waals surface area contributed by atoms with Gasteiger partial charge in [0.1, 0.15) is 5.41 Å². The Hall–Kier alpha value is -0.840. The molecule has 1 saturated heterocycles. The van der Waals surface area contributed by atoms with Crippen molar-refractivity contribution in [1.82, 2.24) is 5.32 Å². The number of Topliss-reactive ketones (excluding diaryl/α,β-unsaturated/α-hetero) is 1. The predicted octanol–water partition coefficient (Wildman–Crippen LogP) is 2.06. The molecule has 5 heteroatoms. The number of hydrogen-bond donors (Lipinski definition) is 1. The zero-order chi connectivity index (χ0) is 11.7. The highest BCUT2D eigenvalue weighted by molar-refractivity contribution is 5.88. The van der Waals surface area contributed by atoms with Crippen molar-refractivity contribution in [2.75, 3.05) is 13.1 Å². The summed E-state index contributed by atoms with van der Waals surface area (Å²) >= 11 is 0. The first-order valence-electron chi connectivity index (χ1n) is 4.75. The summed E-state index contributed by atoms with van der Waals surface area (Å²) in [7, 11) is 0. The monoisotopic (exact) mass is 221 g/mol. The fourth-order valence-electron chi connectivity index (χ4n) is 1.77. The van der Waals surface area contributed by atoms with Crippen LogP contribution in [0.15, 0.2) is 12.2 Å². The van der Waals surface area contributed by atoms with Gasteiger partial charge in [-0.25, -0.2) is 0 Å². The molecule has 0 aliphatic carbocycles. The van der Waals surface area contributed by atoms with Crippen LogP contribution in [0.1, 0.15) is 19.8 Å². The third kappa shape index (κ3) is 2.22. The summed E-state index contributed by atoms with van der Waals surface area (Å²) in [5.74, 6) is -0.771. The molecule has 0 radical (unpaired) electrons. The molecular formula is C10H14F3NO. The molecule has 0 aromatic rings. The predicted molar refractivity (Wildman–Crippen MR) is 50.4 cm³/mol. The molecule has 0 bridgehead atoms. The Balaban J connectivity index is 2.92. The Morgan fingerprint density at radius 2 is 2.13 bits per heavy atom. The molecule has 1 unspecified atom stereocenters. The minimum atomic E-state index is -4.47. The van der Waals surface area contributed by atoms with Crippen molar-refractivity contribution >= 4 is 5.78 Å².